The van der Waals surface area contributed by atoms with E-state index >= 15 is 0 Å². The van der Waals surface area contributed by atoms with Crippen molar-refractivity contribution in [3.05, 3.63) is 0 Å². The van der Waals surface area contributed by atoms with E-state index in [4.69, 9.17) is 11.6 Å². The maximum atomic E-state index is 12.8. The summed E-state index contributed by atoms with van der Waals surface area (Å²) in [6.45, 7) is 5.27. The van der Waals surface area contributed by atoms with E-state index < -0.39 is 17.1 Å². The molecule has 0 spiro atoms. The molecule has 0 bridgehead atoms. The molecule has 0 aromatic rings. The smallest absolute Gasteiger partial charge is 0.229 e. The molecule has 1 saturated carbocycles. The maximum absolute atomic E-state index is 12.8. The lowest BCUT2D eigenvalue weighted by molar-refractivity contribution is -0.127. The fourth-order valence-electron chi connectivity index (χ4n) is 1.03. The summed E-state index contributed by atoms with van der Waals surface area (Å²) < 4.78 is 12.8. The summed E-state index contributed by atoms with van der Waals surface area (Å²) in [6.07, 6.45) is -0.657. The minimum atomic E-state index is -0.987. The molecule has 1 amide bonds. The van der Waals surface area contributed by atoms with Gasteiger partial charge in [0, 0.05) is 11.4 Å². The third-order valence-corrected chi connectivity index (χ3v) is 3.11. The monoisotopic (exact) mass is 207 g/mol. The van der Waals surface area contributed by atoms with E-state index in [1.807, 2.05) is 13.8 Å². The number of carbonyl (C=O) groups excluding carboxylic acids is 1. The van der Waals surface area contributed by atoms with Crippen molar-refractivity contribution in [2.75, 3.05) is 5.88 Å². The highest BCUT2D eigenvalue weighted by molar-refractivity contribution is 6.18. The highest BCUT2D eigenvalue weighted by Crippen LogP contribution is 2.48. The van der Waals surface area contributed by atoms with Crippen LogP contribution < -0.4 is 5.32 Å². The second kappa shape index (κ2) is 3.12. The maximum Gasteiger partial charge on any atom is 0.229 e. The summed E-state index contributed by atoms with van der Waals surface area (Å²) in [7, 11) is 0. The molecular formula is C9H15ClFNO. The Morgan fingerprint density at radius 1 is 1.77 bits per heavy atom. The number of alkyl halides is 2. The molecule has 0 radical (unpaired) electrons. The predicted octanol–water partition coefficient (Wildman–Crippen LogP) is 1.87. The lowest BCUT2D eigenvalue weighted by Gasteiger charge is -2.25. The van der Waals surface area contributed by atoms with Gasteiger partial charge in [0.1, 0.15) is 6.17 Å². The van der Waals surface area contributed by atoms with Crippen LogP contribution in [0, 0.1) is 5.41 Å². The summed E-state index contributed by atoms with van der Waals surface area (Å²) in [5, 5.41) is 2.73. The van der Waals surface area contributed by atoms with Crippen LogP contribution in [0.3, 0.4) is 0 Å². The second-order valence-corrected chi connectivity index (χ2v) is 4.83. The summed E-state index contributed by atoms with van der Waals surface area (Å²) >= 11 is 5.64. The summed E-state index contributed by atoms with van der Waals surface area (Å²) in [5.74, 6) is 0.0943. The highest BCUT2D eigenvalue weighted by atomic mass is 35.5. The van der Waals surface area contributed by atoms with Crippen molar-refractivity contribution in [3.63, 3.8) is 0 Å². The largest absolute Gasteiger partial charge is 0.349 e. The lowest BCUT2D eigenvalue weighted by atomic mass is 10.0. The van der Waals surface area contributed by atoms with Gasteiger partial charge in [-0.25, -0.2) is 4.39 Å². The average molecular weight is 208 g/mol. The molecular weight excluding hydrogens is 193 g/mol. The van der Waals surface area contributed by atoms with Crippen molar-refractivity contribution in [3.8, 4) is 0 Å². The predicted molar refractivity (Wildman–Crippen MR) is 50.6 cm³/mol. The van der Waals surface area contributed by atoms with Gasteiger partial charge in [0.2, 0.25) is 5.91 Å². The van der Waals surface area contributed by atoms with Crippen LogP contribution in [0.25, 0.3) is 0 Å². The Morgan fingerprint density at radius 3 is 2.54 bits per heavy atom. The standard InChI is InChI=1S/C9H15ClFNO/c1-8(2,5-10)12-7(13)9(3)4-6(9)11/h6H,4-5H2,1-3H3,(H,12,13). The van der Waals surface area contributed by atoms with Gasteiger partial charge in [0.05, 0.1) is 5.41 Å². The van der Waals surface area contributed by atoms with Crippen molar-refractivity contribution < 1.29 is 9.18 Å². The van der Waals surface area contributed by atoms with Gasteiger partial charge in [-0.1, -0.05) is 0 Å². The molecule has 1 N–H and O–H groups in total. The Morgan fingerprint density at radius 2 is 2.23 bits per heavy atom. The molecule has 2 atom stereocenters. The number of hydrogen-bond donors (Lipinski definition) is 1. The van der Waals surface area contributed by atoms with Crippen LogP contribution in [-0.4, -0.2) is 23.5 Å². The van der Waals surface area contributed by atoms with Crippen LogP contribution in [0.1, 0.15) is 27.2 Å². The van der Waals surface area contributed by atoms with E-state index in [9.17, 15) is 9.18 Å². The minimum Gasteiger partial charge on any atom is -0.349 e. The van der Waals surface area contributed by atoms with Gasteiger partial charge in [-0.15, -0.1) is 11.6 Å². The normalized spacial score (nSPS) is 32.8. The molecule has 0 saturated heterocycles. The van der Waals surface area contributed by atoms with Gasteiger partial charge in [0.25, 0.3) is 0 Å². The molecule has 76 valence electrons. The SMILES string of the molecule is CC(C)(CCl)NC(=O)C1(C)CC1F. The molecule has 4 heteroatoms. The van der Waals surface area contributed by atoms with E-state index in [2.05, 4.69) is 5.32 Å². The first-order chi connectivity index (χ1) is 5.82. The van der Waals surface area contributed by atoms with E-state index in [1.165, 1.54) is 0 Å². The van der Waals surface area contributed by atoms with Crippen molar-refractivity contribution in [2.24, 2.45) is 5.41 Å². The Hall–Kier alpha value is -0.310. The van der Waals surface area contributed by atoms with Gasteiger partial charge in [-0.3, -0.25) is 4.79 Å². The van der Waals surface area contributed by atoms with Crippen LogP contribution in [-0.2, 0) is 4.79 Å². The number of nitrogens with one attached hydrogen (secondary N) is 1. The van der Waals surface area contributed by atoms with Crippen LogP contribution in [0.15, 0.2) is 0 Å². The molecule has 1 fully saturated rings. The zero-order chi connectivity index (χ0) is 10.3. The third-order valence-electron chi connectivity index (χ3n) is 2.44. The number of carbonyl (C=O) groups is 1. The zero-order valence-electron chi connectivity index (χ0n) is 8.16. The summed E-state index contributed by atoms with van der Waals surface area (Å²) in [4.78, 5) is 11.5. The molecule has 1 aliphatic carbocycles. The molecule has 2 nitrogen and oxygen atoms in total. The minimum absolute atomic E-state index is 0.231. The van der Waals surface area contributed by atoms with Crippen molar-refractivity contribution in [2.45, 2.75) is 38.9 Å². The van der Waals surface area contributed by atoms with Gasteiger partial charge in [-0.2, -0.15) is 0 Å². The van der Waals surface area contributed by atoms with Gasteiger partial charge in [-0.05, 0) is 27.2 Å². The first-order valence-electron chi connectivity index (χ1n) is 4.34. The molecule has 1 rings (SSSR count). The zero-order valence-corrected chi connectivity index (χ0v) is 8.91. The molecule has 0 aliphatic heterocycles. The van der Waals surface area contributed by atoms with Crippen molar-refractivity contribution in [1.29, 1.82) is 0 Å². The van der Waals surface area contributed by atoms with Crippen LogP contribution in [0.2, 0.25) is 0 Å². The quantitative estimate of drug-likeness (QED) is 0.704. The summed E-state index contributed by atoms with van der Waals surface area (Å²) in [5.41, 5.74) is -1.26. The van der Waals surface area contributed by atoms with Crippen LogP contribution >= 0.6 is 11.6 Å². The Bertz CT molecular complexity index is 232. The summed E-state index contributed by atoms with van der Waals surface area (Å²) in [6, 6.07) is 0. The van der Waals surface area contributed by atoms with Crippen LogP contribution in [0.5, 0.6) is 0 Å². The molecule has 2 unspecified atom stereocenters. The van der Waals surface area contributed by atoms with Gasteiger partial charge >= 0.3 is 0 Å². The molecule has 0 aromatic heterocycles. The number of hydrogen-bond acceptors (Lipinski definition) is 1. The van der Waals surface area contributed by atoms with Gasteiger partial charge in [0.15, 0.2) is 0 Å². The van der Waals surface area contributed by atoms with E-state index in [0.717, 1.165) is 0 Å². The average Bonchev–Trinajstić information content (AvgIpc) is 2.61. The third kappa shape index (κ3) is 2.13. The van der Waals surface area contributed by atoms with Gasteiger partial charge < -0.3 is 5.32 Å². The molecule has 0 aromatic carbocycles. The number of amides is 1. The Kier molecular flexibility index (Phi) is 2.59. The Balaban J connectivity index is 2.52. The van der Waals surface area contributed by atoms with Crippen molar-refractivity contribution >= 4 is 17.5 Å². The fraction of sp³-hybridized carbons (Fsp3) is 0.889. The van der Waals surface area contributed by atoms with E-state index in [-0.39, 0.29) is 5.91 Å². The molecule has 13 heavy (non-hydrogen) atoms. The first kappa shape index (κ1) is 10.8. The van der Waals surface area contributed by atoms with E-state index in [1.54, 1.807) is 6.92 Å². The fourth-order valence-corrected chi connectivity index (χ4v) is 1.10. The first-order valence-corrected chi connectivity index (χ1v) is 4.88. The van der Waals surface area contributed by atoms with E-state index in [0.29, 0.717) is 12.3 Å². The molecule has 1 aliphatic rings. The highest BCUT2D eigenvalue weighted by Gasteiger charge is 2.57. The van der Waals surface area contributed by atoms with Crippen LogP contribution in [0.4, 0.5) is 4.39 Å². The topological polar surface area (TPSA) is 29.1 Å². The Labute approximate surface area is 82.8 Å². The number of halogens is 2. The number of rotatable bonds is 3. The van der Waals surface area contributed by atoms with Crippen molar-refractivity contribution in [1.82, 2.24) is 5.32 Å². The lowest BCUT2D eigenvalue weighted by Crippen LogP contribution is -2.48. The molecule has 0 heterocycles. The second-order valence-electron chi connectivity index (χ2n) is 4.56.